The maximum Gasteiger partial charge on any atom is 0.273 e. The first kappa shape index (κ1) is 17.9. The van der Waals surface area contributed by atoms with Crippen molar-refractivity contribution in [3.05, 3.63) is 66.2 Å². The number of hydrogen-bond donors (Lipinski definition) is 4. The third-order valence-corrected chi connectivity index (χ3v) is 3.64. The van der Waals surface area contributed by atoms with Crippen LogP contribution in [0.4, 0.5) is 27.4 Å². The average Bonchev–Trinajstić information content (AvgIpc) is 2.70. The van der Waals surface area contributed by atoms with Gasteiger partial charge in [-0.25, -0.2) is 14.4 Å². The maximum atomic E-state index is 13.0. The topological polar surface area (TPSA) is 114 Å². The fraction of sp³-hybridized carbons (Fsp3) is 0.0556. The molecule has 1 heterocycles. The van der Waals surface area contributed by atoms with E-state index in [-0.39, 0.29) is 17.3 Å². The summed E-state index contributed by atoms with van der Waals surface area (Å²) in [6, 6.07) is 12.5. The molecule has 3 rings (SSSR count). The molecule has 9 heteroatoms. The number of benzene rings is 2. The Morgan fingerprint density at radius 2 is 1.78 bits per heavy atom. The smallest absolute Gasteiger partial charge is 0.273 e. The highest BCUT2D eigenvalue weighted by atomic mass is 19.1. The molecule has 0 atom stereocenters. The van der Waals surface area contributed by atoms with E-state index in [0.717, 1.165) is 0 Å². The van der Waals surface area contributed by atoms with Crippen LogP contribution in [0.3, 0.4) is 0 Å². The zero-order chi connectivity index (χ0) is 19.2. The second-order valence-corrected chi connectivity index (χ2v) is 5.40. The number of hydrazine groups is 1. The minimum Gasteiger partial charge on any atom is -0.496 e. The molecule has 1 amide bonds. The van der Waals surface area contributed by atoms with Gasteiger partial charge in [-0.2, -0.15) is 0 Å². The molecular weight excluding hydrogens is 351 g/mol. The largest absolute Gasteiger partial charge is 0.496 e. The number of nitrogen functional groups attached to an aromatic ring is 1. The number of nitrogens with two attached hydrogens (primary N) is 1. The van der Waals surface area contributed by atoms with Gasteiger partial charge in [-0.3, -0.25) is 15.6 Å². The highest BCUT2D eigenvalue weighted by Gasteiger charge is 2.13. The molecule has 8 nitrogen and oxygen atoms in total. The van der Waals surface area contributed by atoms with Crippen LogP contribution in [0.1, 0.15) is 10.4 Å². The number of nitrogens with one attached hydrogen (secondary N) is 3. The number of hydrogen-bond acceptors (Lipinski definition) is 7. The molecule has 1 aromatic heterocycles. The molecule has 3 aromatic rings. The van der Waals surface area contributed by atoms with Gasteiger partial charge in [0.1, 0.15) is 23.6 Å². The zero-order valence-corrected chi connectivity index (χ0v) is 14.4. The number of rotatable bonds is 6. The van der Waals surface area contributed by atoms with Gasteiger partial charge in [0.05, 0.1) is 12.7 Å². The van der Waals surface area contributed by atoms with Gasteiger partial charge in [-0.05, 0) is 36.4 Å². The standard InChI is InChI=1S/C18H17FN6O2/c1-27-14-5-3-2-4-13(14)18(26)25-24-17-15(20)16(21-10-22-17)23-12-8-6-11(19)7-9-12/h2-10H,20H2,1H3,(H,25,26)(H2,21,22,23,24). The number of carbonyl (C=O) groups excluding carboxylic acids is 1. The molecule has 0 aliphatic heterocycles. The zero-order valence-electron chi connectivity index (χ0n) is 14.4. The van der Waals surface area contributed by atoms with Crippen LogP contribution in [0.15, 0.2) is 54.9 Å². The summed E-state index contributed by atoms with van der Waals surface area (Å²) in [7, 11) is 1.48. The van der Waals surface area contributed by atoms with Gasteiger partial charge in [-0.15, -0.1) is 0 Å². The number of para-hydroxylation sites is 1. The summed E-state index contributed by atoms with van der Waals surface area (Å²) in [5.41, 5.74) is 12.4. The third kappa shape index (κ3) is 4.21. The fourth-order valence-electron chi connectivity index (χ4n) is 2.28. The van der Waals surface area contributed by atoms with Gasteiger partial charge in [0.25, 0.3) is 5.91 Å². The van der Waals surface area contributed by atoms with E-state index in [4.69, 9.17) is 10.5 Å². The Bertz CT molecular complexity index is 949. The molecule has 0 spiro atoms. The highest BCUT2D eigenvalue weighted by Crippen LogP contribution is 2.25. The maximum absolute atomic E-state index is 13.0. The van der Waals surface area contributed by atoms with Gasteiger partial charge < -0.3 is 15.8 Å². The Balaban J connectivity index is 1.72. The van der Waals surface area contributed by atoms with Crippen molar-refractivity contribution in [3.8, 4) is 5.75 Å². The Morgan fingerprint density at radius 3 is 2.52 bits per heavy atom. The van der Waals surface area contributed by atoms with Crippen LogP contribution >= 0.6 is 0 Å². The van der Waals surface area contributed by atoms with E-state index in [0.29, 0.717) is 22.8 Å². The lowest BCUT2D eigenvalue weighted by Gasteiger charge is -2.14. The van der Waals surface area contributed by atoms with Crippen molar-refractivity contribution in [3.63, 3.8) is 0 Å². The first-order chi connectivity index (χ1) is 13.1. The van der Waals surface area contributed by atoms with Crippen LogP contribution in [-0.4, -0.2) is 23.0 Å². The fourth-order valence-corrected chi connectivity index (χ4v) is 2.28. The van der Waals surface area contributed by atoms with Crippen LogP contribution in [0.2, 0.25) is 0 Å². The highest BCUT2D eigenvalue weighted by molar-refractivity contribution is 5.97. The van der Waals surface area contributed by atoms with E-state index in [1.54, 1.807) is 36.4 Å². The number of methoxy groups -OCH3 is 1. The lowest BCUT2D eigenvalue weighted by Crippen LogP contribution is -2.30. The van der Waals surface area contributed by atoms with E-state index < -0.39 is 5.91 Å². The predicted octanol–water partition coefficient (Wildman–Crippen LogP) is 2.71. The summed E-state index contributed by atoms with van der Waals surface area (Å²) in [5, 5.41) is 2.96. The first-order valence-corrected chi connectivity index (χ1v) is 7.91. The van der Waals surface area contributed by atoms with Crippen molar-refractivity contribution < 1.29 is 13.9 Å². The Hall–Kier alpha value is -3.88. The van der Waals surface area contributed by atoms with Gasteiger partial charge in [0.2, 0.25) is 0 Å². The summed E-state index contributed by atoms with van der Waals surface area (Å²) in [6.45, 7) is 0. The van der Waals surface area contributed by atoms with Gasteiger partial charge >= 0.3 is 0 Å². The van der Waals surface area contributed by atoms with Crippen LogP contribution in [0, 0.1) is 5.82 Å². The molecular formula is C18H17FN6O2. The van der Waals surface area contributed by atoms with Crippen LogP contribution in [0.5, 0.6) is 5.75 Å². The van der Waals surface area contributed by atoms with Crippen molar-refractivity contribution in [1.82, 2.24) is 15.4 Å². The number of carbonyl (C=O) groups is 1. The molecule has 2 aromatic carbocycles. The SMILES string of the molecule is COc1ccccc1C(=O)NNc1ncnc(Nc2ccc(F)cc2)c1N. The Labute approximate surface area is 154 Å². The second kappa shape index (κ2) is 8.00. The molecule has 0 radical (unpaired) electrons. The van der Waals surface area contributed by atoms with E-state index in [1.165, 1.54) is 25.6 Å². The van der Waals surface area contributed by atoms with E-state index in [2.05, 4.69) is 26.1 Å². The molecule has 27 heavy (non-hydrogen) atoms. The van der Waals surface area contributed by atoms with Crippen molar-refractivity contribution in [1.29, 1.82) is 0 Å². The minimum atomic E-state index is -0.418. The lowest BCUT2D eigenvalue weighted by molar-refractivity contribution is 0.0959. The van der Waals surface area contributed by atoms with Crippen LogP contribution in [0.25, 0.3) is 0 Å². The number of aromatic nitrogens is 2. The van der Waals surface area contributed by atoms with E-state index in [9.17, 15) is 9.18 Å². The number of nitrogens with zero attached hydrogens (tertiary/aromatic N) is 2. The van der Waals surface area contributed by atoms with Crippen molar-refractivity contribution >= 4 is 28.9 Å². The molecule has 0 saturated heterocycles. The average molecular weight is 368 g/mol. The molecule has 0 bridgehead atoms. The van der Waals surface area contributed by atoms with Crippen LogP contribution < -0.4 is 26.6 Å². The molecule has 138 valence electrons. The summed E-state index contributed by atoms with van der Waals surface area (Å²) in [6.07, 6.45) is 1.28. The van der Waals surface area contributed by atoms with Crippen molar-refractivity contribution in [2.45, 2.75) is 0 Å². The Morgan fingerprint density at radius 1 is 1.07 bits per heavy atom. The number of anilines is 4. The van der Waals surface area contributed by atoms with Crippen molar-refractivity contribution in [2.24, 2.45) is 0 Å². The number of amides is 1. The monoisotopic (exact) mass is 368 g/mol. The Kier molecular flexibility index (Phi) is 5.31. The van der Waals surface area contributed by atoms with Gasteiger partial charge in [0.15, 0.2) is 11.6 Å². The van der Waals surface area contributed by atoms with Gasteiger partial charge in [-0.1, -0.05) is 12.1 Å². The number of ether oxygens (including phenoxy) is 1. The molecule has 0 aliphatic rings. The molecule has 5 N–H and O–H groups in total. The summed E-state index contributed by atoms with van der Waals surface area (Å²) < 4.78 is 18.2. The molecule has 0 aliphatic carbocycles. The quantitative estimate of drug-likeness (QED) is 0.495. The first-order valence-electron chi connectivity index (χ1n) is 7.91. The van der Waals surface area contributed by atoms with E-state index in [1.807, 2.05) is 0 Å². The lowest BCUT2D eigenvalue weighted by atomic mass is 10.2. The summed E-state index contributed by atoms with van der Waals surface area (Å²) in [5.74, 6) is 0.186. The third-order valence-electron chi connectivity index (χ3n) is 3.64. The van der Waals surface area contributed by atoms with Crippen molar-refractivity contribution in [2.75, 3.05) is 23.6 Å². The number of halogens is 1. The minimum absolute atomic E-state index is 0.183. The second-order valence-electron chi connectivity index (χ2n) is 5.40. The van der Waals surface area contributed by atoms with Gasteiger partial charge in [0, 0.05) is 5.69 Å². The summed E-state index contributed by atoms with van der Waals surface area (Å²) >= 11 is 0. The normalized spacial score (nSPS) is 10.1. The molecule has 0 unspecified atom stereocenters. The summed E-state index contributed by atoms with van der Waals surface area (Å²) in [4.78, 5) is 20.4. The van der Waals surface area contributed by atoms with E-state index >= 15 is 0 Å². The van der Waals surface area contributed by atoms with Crippen LogP contribution in [-0.2, 0) is 0 Å². The predicted molar refractivity (Wildman–Crippen MR) is 100 cm³/mol. The molecule has 0 fully saturated rings. The molecule has 0 saturated carbocycles.